The molecule has 10 atom stereocenters. The maximum atomic E-state index is 13.1. The normalized spacial score (nSPS) is 41.5. The SMILES string of the molecule is CC[C@H]1OC(=O)C(C)C[C@H](C)CC(/C=N/C2OCC[C@H](N(C)C)C2O)(OC)CCC(=O)C(C)C(O)C1O. The number of likely N-dealkylation sites (N-methyl/N-ethyl adjacent to an activating group) is 1. The molecule has 2 saturated heterocycles. The third-order valence-corrected chi connectivity index (χ3v) is 7.98. The second-order valence-corrected chi connectivity index (χ2v) is 11.2. The molecule has 0 radical (unpaired) electrons. The van der Waals surface area contributed by atoms with Crippen LogP contribution in [0.3, 0.4) is 0 Å². The molecular formula is C27H48N2O8. The Morgan fingerprint density at radius 1 is 1.14 bits per heavy atom. The molecule has 0 aromatic rings. The lowest BCUT2D eigenvalue weighted by atomic mass is 9.81. The number of hydrogen-bond donors (Lipinski definition) is 3. The lowest BCUT2D eigenvalue weighted by molar-refractivity contribution is -0.167. The summed E-state index contributed by atoms with van der Waals surface area (Å²) in [4.78, 5) is 32.4. The molecule has 2 fully saturated rings. The van der Waals surface area contributed by atoms with Crippen molar-refractivity contribution in [3.63, 3.8) is 0 Å². The molecule has 37 heavy (non-hydrogen) atoms. The van der Waals surface area contributed by atoms with Gasteiger partial charge in [0.1, 0.15) is 29.7 Å². The summed E-state index contributed by atoms with van der Waals surface area (Å²) >= 11 is 0. The third kappa shape index (κ3) is 8.28. The van der Waals surface area contributed by atoms with Crippen molar-refractivity contribution in [3.8, 4) is 0 Å². The molecule has 214 valence electrons. The van der Waals surface area contributed by atoms with Gasteiger partial charge in [-0.05, 0) is 52.1 Å². The molecule has 10 nitrogen and oxygen atoms in total. The van der Waals surface area contributed by atoms with Crippen molar-refractivity contribution in [3.05, 3.63) is 0 Å². The fourth-order valence-corrected chi connectivity index (χ4v) is 5.43. The van der Waals surface area contributed by atoms with Crippen LogP contribution in [0.25, 0.3) is 0 Å². The van der Waals surface area contributed by atoms with Gasteiger partial charge in [-0.3, -0.25) is 14.6 Å². The van der Waals surface area contributed by atoms with Crippen LogP contribution in [0.5, 0.6) is 0 Å². The van der Waals surface area contributed by atoms with Gasteiger partial charge in [0.25, 0.3) is 0 Å². The summed E-state index contributed by atoms with van der Waals surface area (Å²) in [5.41, 5.74) is -0.952. The summed E-state index contributed by atoms with van der Waals surface area (Å²) in [6.07, 6.45) is -1.19. The van der Waals surface area contributed by atoms with Crippen LogP contribution in [0.2, 0.25) is 0 Å². The lowest BCUT2D eigenvalue weighted by Gasteiger charge is -2.38. The van der Waals surface area contributed by atoms with Crippen molar-refractivity contribution in [1.29, 1.82) is 0 Å². The van der Waals surface area contributed by atoms with Crippen LogP contribution in [0, 0.1) is 17.8 Å². The van der Waals surface area contributed by atoms with Gasteiger partial charge in [-0.25, -0.2) is 0 Å². The van der Waals surface area contributed by atoms with E-state index < -0.39 is 54.0 Å². The summed E-state index contributed by atoms with van der Waals surface area (Å²) < 4.78 is 17.3. The standard InChI is InChI=1S/C27H48N2O8/c1-8-21-24(33)22(31)18(4)20(30)9-11-27(35-7,14-16(2)13-17(3)26(34)37-21)15-28-25-23(32)19(29(5)6)10-12-36-25/h15-19,21-25,31-33H,8-14H2,1-7H3/b28-15+/t16-,17?,18?,19-,21+,22?,23?,24?,25?,27?/m0/s1. The number of carbonyl (C=O) groups is 2. The van der Waals surface area contributed by atoms with Crippen LogP contribution in [0.1, 0.15) is 66.2 Å². The molecule has 0 saturated carbocycles. The summed E-state index contributed by atoms with van der Waals surface area (Å²) in [6.45, 7) is 7.58. The zero-order valence-electron chi connectivity index (χ0n) is 23.5. The van der Waals surface area contributed by atoms with Gasteiger partial charge >= 0.3 is 5.97 Å². The molecule has 2 heterocycles. The fourth-order valence-electron chi connectivity index (χ4n) is 5.43. The minimum atomic E-state index is -1.37. The van der Waals surface area contributed by atoms with Gasteiger partial charge in [0.15, 0.2) is 6.23 Å². The van der Waals surface area contributed by atoms with E-state index in [0.29, 0.717) is 38.7 Å². The van der Waals surface area contributed by atoms with E-state index in [9.17, 15) is 24.9 Å². The molecule has 0 amide bonds. The number of ketones is 1. The molecule has 7 unspecified atom stereocenters. The first-order chi connectivity index (χ1) is 17.4. The van der Waals surface area contributed by atoms with Gasteiger partial charge in [-0.15, -0.1) is 0 Å². The molecule has 0 aromatic carbocycles. The van der Waals surface area contributed by atoms with Crippen molar-refractivity contribution in [2.24, 2.45) is 22.7 Å². The zero-order valence-corrected chi connectivity index (χ0v) is 23.5. The topological polar surface area (TPSA) is 138 Å². The van der Waals surface area contributed by atoms with Crippen LogP contribution in [-0.4, -0.2) is 108 Å². The number of aliphatic hydroxyl groups is 3. The fraction of sp³-hybridized carbons (Fsp3) is 0.889. The number of rotatable bonds is 5. The Morgan fingerprint density at radius 3 is 2.41 bits per heavy atom. The number of cyclic esters (lactones) is 1. The number of ether oxygens (including phenoxy) is 3. The second-order valence-electron chi connectivity index (χ2n) is 11.2. The molecule has 0 aliphatic carbocycles. The Morgan fingerprint density at radius 2 is 1.81 bits per heavy atom. The van der Waals surface area contributed by atoms with Crippen molar-refractivity contribution in [2.75, 3.05) is 27.8 Å². The number of aliphatic imine (C=N–C) groups is 1. The van der Waals surface area contributed by atoms with E-state index in [0.717, 1.165) is 0 Å². The number of aliphatic hydroxyl groups excluding tert-OH is 3. The highest BCUT2D eigenvalue weighted by atomic mass is 16.6. The minimum absolute atomic E-state index is 0.00623. The third-order valence-electron chi connectivity index (χ3n) is 7.98. The largest absolute Gasteiger partial charge is 0.459 e. The highest BCUT2D eigenvalue weighted by Crippen LogP contribution is 2.31. The van der Waals surface area contributed by atoms with E-state index >= 15 is 0 Å². The first kappa shape index (κ1) is 31.8. The van der Waals surface area contributed by atoms with Gasteiger partial charge in [0.2, 0.25) is 0 Å². The molecule has 2 aliphatic heterocycles. The number of methoxy groups -OCH3 is 1. The number of hydrogen-bond acceptors (Lipinski definition) is 10. The average Bonchev–Trinajstić information content (AvgIpc) is 2.86. The molecule has 0 aromatic heterocycles. The van der Waals surface area contributed by atoms with E-state index in [1.807, 2.05) is 25.9 Å². The Balaban J connectivity index is 2.34. The summed E-state index contributed by atoms with van der Waals surface area (Å²) in [7, 11) is 5.37. The van der Waals surface area contributed by atoms with E-state index in [1.54, 1.807) is 34.1 Å². The van der Waals surface area contributed by atoms with Gasteiger partial charge in [0.05, 0.1) is 18.6 Å². The molecular weight excluding hydrogens is 480 g/mol. The number of carbonyl (C=O) groups excluding carboxylic acids is 2. The van der Waals surface area contributed by atoms with E-state index in [1.165, 1.54) is 0 Å². The van der Waals surface area contributed by atoms with Crippen LogP contribution >= 0.6 is 0 Å². The van der Waals surface area contributed by atoms with E-state index in [-0.39, 0.29) is 24.2 Å². The number of Topliss-reactive ketones (excluding diaryl/α,β-unsaturated/α-hetero) is 1. The van der Waals surface area contributed by atoms with Crippen molar-refractivity contribution < 1.29 is 39.1 Å². The molecule has 0 spiro atoms. The Hall–Kier alpha value is -1.43. The van der Waals surface area contributed by atoms with Crippen molar-refractivity contribution >= 4 is 18.0 Å². The Labute approximate surface area is 221 Å². The van der Waals surface area contributed by atoms with Gasteiger partial charge in [-0.1, -0.05) is 27.7 Å². The molecule has 10 heteroatoms. The number of esters is 1. The highest BCUT2D eigenvalue weighted by Gasteiger charge is 2.39. The molecule has 2 rings (SSSR count). The van der Waals surface area contributed by atoms with Gasteiger partial charge in [0, 0.05) is 31.7 Å². The monoisotopic (exact) mass is 528 g/mol. The maximum Gasteiger partial charge on any atom is 0.309 e. The van der Waals surface area contributed by atoms with Crippen LogP contribution in [-0.2, 0) is 23.8 Å². The molecule has 3 N–H and O–H groups in total. The Kier molecular flexibility index (Phi) is 12.1. The average molecular weight is 529 g/mol. The first-order valence-electron chi connectivity index (χ1n) is 13.5. The minimum Gasteiger partial charge on any atom is -0.459 e. The predicted molar refractivity (Wildman–Crippen MR) is 139 cm³/mol. The summed E-state index contributed by atoms with van der Waals surface area (Å²) in [6, 6.07) is -0.0912. The smallest absolute Gasteiger partial charge is 0.309 e. The molecule has 0 bridgehead atoms. The maximum absolute atomic E-state index is 13.1. The van der Waals surface area contributed by atoms with Crippen LogP contribution < -0.4 is 0 Å². The Bertz CT molecular complexity index is 778. The van der Waals surface area contributed by atoms with E-state index in [2.05, 4.69) is 4.99 Å². The zero-order chi connectivity index (χ0) is 27.9. The van der Waals surface area contributed by atoms with Gasteiger partial charge < -0.3 is 34.4 Å². The van der Waals surface area contributed by atoms with Crippen LogP contribution in [0.15, 0.2) is 4.99 Å². The quantitative estimate of drug-likeness (QED) is 0.359. The first-order valence-corrected chi connectivity index (χ1v) is 13.5. The lowest BCUT2D eigenvalue weighted by Crippen LogP contribution is -2.50. The number of nitrogens with zero attached hydrogens (tertiary/aromatic N) is 2. The van der Waals surface area contributed by atoms with Crippen molar-refractivity contribution in [2.45, 2.75) is 109 Å². The van der Waals surface area contributed by atoms with Crippen LogP contribution in [0.4, 0.5) is 0 Å². The highest BCUT2D eigenvalue weighted by molar-refractivity contribution is 5.82. The summed E-state index contributed by atoms with van der Waals surface area (Å²) in [5, 5.41) is 32.2. The van der Waals surface area contributed by atoms with E-state index in [4.69, 9.17) is 14.2 Å². The summed E-state index contributed by atoms with van der Waals surface area (Å²) in [5.74, 6) is -1.98. The van der Waals surface area contributed by atoms with Crippen molar-refractivity contribution in [1.82, 2.24) is 4.90 Å². The van der Waals surface area contributed by atoms with Gasteiger partial charge in [-0.2, -0.15) is 0 Å². The predicted octanol–water partition coefficient (Wildman–Crippen LogP) is 1.57. The molecule has 2 aliphatic rings. The second kappa shape index (κ2) is 14.1.